The molecule has 0 aliphatic carbocycles. The average molecular weight is 446 g/mol. The number of likely N-dealkylation sites (N-methyl/N-ethyl adjacent to an activating group) is 1. The third-order valence-corrected chi connectivity index (χ3v) is 7.37. The summed E-state index contributed by atoms with van der Waals surface area (Å²) in [6, 6.07) is 13.6. The van der Waals surface area contributed by atoms with Crippen LogP contribution in [0.2, 0.25) is 0 Å². The van der Waals surface area contributed by atoms with Crippen molar-refractivity contribution in [2.45, 2.75) is 32.5 Å². The first-order valence-corrected chi connectivity index (χ1v) is 12.3. The molecule has 2 saturated heterocycles. The second kappa shape index (κ2) is 9.68. The molecule has 33 heavy (non-hydrogen) atoms. The minimum absolute atomic E-state index is 0.394. The number of rotatable bonds is 4. The van der Waals surface area contributed by atoms with Gasteiger partial charge in [0.25, 0.3) is 0 Å². The van der Waals surface area contributed by atoms with Crippen molar-refractivity contribution < 1.29 is 0 Å². The van der Waals surface area contributed by atoms with Gasteiger partial charge in [0.05, 0.1) is 5.56 Å². The Morgan fingerprint density at radius 1 is 1.03 bits per heavy atom. The number of nitriles is 1. The maximum Gasteiger partial charge on any atom is 0.149 e. The standard InChI is InChI=1S/C26H35N7/c1-20-17-28-9-11-33(20)26-22-8-10-31(18-21-6-4-3-5-7-21)19-24(22)23(16-27)25(29-26)32-14-12-30(2)13-15-32/h3-7,20,28H,8-15,17-19H2,1-2H3/t20-/m1/s1. The number of nitrogens with zero attached hydrogens (tertiary/aromatic N) is 6. The zero-order valence-electron chi connectivity index (χ0n) is 19.9. The molecule has 1 aromatic carbocycles. The summed E-state index contributed by atoms with van der Waals surface area (Å²) in [6.45, 7) is 11.7. The number of hydrogen-bond donors (Lipinski definition) is 1. The predicted octanol–water partition coefficient (Wildman–Crippen LogP) is 2.06. The van der Waals surface area contributed by atoms with Gasteiger partial charge in [0, 0.05) is 77.1 Å². The van der Waals surface area contributed by atoms with Crippen LogP contribution in [0, 0.1) is 11.3 Å². The monoisotopic (exact) mass is 445 g/mol. The first-order valence-electron chi connectivity index (χ1n) is 12.3. The molecule has 7 nitrogen and oxygen atoms in total. The summed E-state index contributed by atoms with van der Waals surface area (Å²) in [5.41, 5.74) is 4.61. The van der Waals surface area contributed by atoms with Gasteiger partial charge in [-0.05, 0) is 31.5 Å². The van der Waals surface area contributed by atoms with Crippen molar-refractivity contribution in [2.24, 2.45) is 0 Å². The number of anilines is 2. The van der Waals surface area contributed by atoms with Gasteiger partial charge in [-0.15, -0.1) is 0 Å². The Morgan fingerprint density at radius 3 is 2.55 bits per heavy atom. The third kappa shape index (κ3) is 4.56. The number of benzene rings is 1. The van der Waals surface area contributed by atoms with Crippen molar-refractivity contribution in [1.29, 1.82) is 5.26 Å². The molecule has 1 N–H and O–H groups in total. The number of nitrogens with one attached hydrogen (secondary N) is 1. The fourth-order valence-corrected chi connectivity index (χ4v) is 5.39. The SMILES string of the molecule is C[C@@H]1CNCCN1c1nc(N2CCN(C)CC2)c(C#N)c2c1CCN(Cc1ccccc1)C2. The molecule has 174 valence electrons. The summed E-state index contributed by atoms with van der Waals surface area (Å²) in [5.74, 6) is 2.01. The van der Waals surface area contributed by atoms with E-state index in [2.05, 4.69) is 75.3 Å². The van der Waals surface area contributed by atoms with Crippen LogP contribution in [0.5, 0.6) is 0 Å². The van der Waals surface area contributed by atoms with Crippen LogP contribution in [-0.2, 0) is 19.5 Å². The lowest BCUT2D eigenvalue weighted by Gasteiger charge is -2.40. The highest BCUT2D eigenvalue weighted by atomic mass is 15.3. The Bertz CT molecular complexity index is 1010. The smallest absolute Gasteiger partial charge is 0.149 e. The second-order valence-corrected chi connectivity index (χ2v) is 9.69. The molecular formula is C26H35N7. The Morgan fingerprint density at radius 2 is 1.82 bits per heavy atom. The Labute approximate surface area is 197 Å². The second-order valence-electron chi connectivity index (χ2n) is 9.69. The Balaban J connectivity index is 1.54. The summed E-state index contributed by atoms with van der Waals surface area (Å²) in [4.78, 5) is 14.9. The van der Waals surface area contributed by atoms with Crippen molar-refractivity contribution in [3.05, 3.63) is 52.6 Å². The van der Waals surface area contributed by atoms with Crippen molar-refractivity contribution >= 4 is 11.6 Å². The van der Waals surface area contributed by atoms with Crippen molar-refractivity contribution in [3.63, 3.8) is 0 Å². The highest BCUT2D eigenvalue weighted by molar-refractivity contribution is 5.68. The quantitative estimate of drug-likeness (QED) is 0.773. The number of piperazine rings is 2. The molecule has 4 heterocycles. The molecule has 1 atom stereocenters. The molecule has 0 unspecified atom stereocenters. The molecule has 0 spiro atoms. The molecule has 0 saturated carbocycles. The van der Waals surface area contributed by atoms with Crippen LogP contribution in [0.3, 0.4) is 0 Å². The Kier molecular flexibility index (Phi) is 6.50. The van der Waals surface area contributed by atoms with Crippen molar-refractivity contribution in [1.82, 2.24) is 20.1 Å². The Hall–Kier alpha value is -2.66. The van der Waals surface area contributed by atoms with Gasteiger partial charge < -0.3 is 20.0 Å². The van der Waals surface area contributed by atoms with E-state index in [-0.39, 0.29) is 0 Å². The van der Waals surface area contributed by atoms with E-state index >= 15 is 0 Å². The van der Waals surface area contributed by atoms with Crippen molar-refractivity contribution in [3.8, 4) is 6.07 Å². The van der Waals surface area contributed by atoms with E-state index in [1.54, 1.807) is 0 Å². The van der Waals surface area contributed by atoms with E-state index in [1.807, 2.05) is 0 Å². The summed E-state index contributed by atoms with van der Waals surface area (Å²) < 4.78 is 0. The van der Waals surface area contributed by atoms with E-state index in [1.165, 1.54) is 16.7 Å². The number of aromatic nitrogens is 1. The number of hydrogen-bond acceptors (Lipinski definition) is 7. The van der Waals surface area contributed by atoms with Gasteiger partial charge in [0.15, 0.2) is 0 Å². The lowest BCUT2D eigenvalue weighted by Crippen LogP contribution is -2.51. The van der Waals surface area contributed by atoms with Crippen LogP contribution < -0.4 is 15.1 Å². The first-order chi connectivity index (χ1) is 16.1. The largest absolute Gasteiger partial charge is 0.353 e. The fourth-order valence-electron chi connectivity index (χ4n) is 5.39. The van der Waals surface area contributed by atoms with E-state index < -0.39 is 0 Å². The maximum atomic E-state index is 10.3. The molecule has 1 aromatic heterocycles. The third-order valence-electron chi connectivity index (χ3n) is 7.37. The highest BCUT2D eigenvalue weighted by Crippen LogP contribution is 2.36. The molecule has 2 fully saturated rings. The van der Waals surface area contributed by atoms with Crippen LogP contribution in [0.25, 0.3) is 0 Å². The van der Waals surface area contributed by atoms with Crippen LogP contribution in [0.1, 0.15) is 29.2 Å². The van der Waals surface area contributed by atoms with Crippen LogP contribution in [-0.4, -0.2) is 80.2 Å². The molecule has 7 heteroatoms. The van der Waals surface area contributed by atoms with Crippen LogP contribution in [0.4, 0.5) is 11.6 Å². The summed E-state index contributed by atoms with van der Waals surface area (Å²) >= 11 is 0. The van der Waals surface area contributed by atoms with Gasteiger partial charge in [-0.25, -0.2) is 4.98 Å². The van der Waals surface area contributed by atoms with Crippen molar-refractivity contribution in [2.75, 3.05) is 69.2 Å². The molecule has 3 aliphatic heterocycles. The van der Waals surface area contributed by atoms with Gasteiger partial charge in [0.1, 0.15) is 17.7 Å². The van der Waals surface area contributed by atoms with E-state index in [0.717, 1.165) is 89.1 Å². The highest BCUT2D eigenvalue weighted by Gasteiger charge is 2.32. The zero-order valence-corrected chi connectivity index (χ0v) is 19.9. The summed E-state index contributed by atoms with van der Waals surface area (Å²) in [6.07, 6.45) is 0.943. The number of pyridine rings is 1. The van der Waals surface area contributed by atoms with Crippen LogP contribution in [0.15, 0.2) is 30.3 Å². The van der Waals surface area contributed by atoms with Gasteiger partial charge in [0.2, 0.25) is 0 Å². The molecule has 0 amide bonds. The topological polar surface area (TPSA) is 61.7 Å². The van der Waals surface area contributed by atoms with Gasteiger partial charge in [-0.1, -0.05) is 30.3 Å². The number of fused-ring (bicyclic) bond motifs is 1. The molecule has 0 radical (unpaired) electrons. The summed E-state index contributed by atoms with van der Waals surface area (Å²) in [5, 5.41) is 13.8. The lowest BCUT2D eigenvalue weighted by molar-refractivity contribution is 0.245. The zero-order chi connectivity index (χ0) is 22.8. The van der Waals surface area contributed by atoms with E-state index in [9.17, 15) is 5.26 Å². The van der Waals surface area contributed by atoms with E-state index in [0.29, 0.717) is 6.04 Å². The maximum absolute atomic E-state index is 10.3. The minimum atomic E-state index is 0.394. The normalized spacial score (nSPS) is 22.2. The molecule has 0 bridgehead atoms. The minimum Gasteiger partial charge on any atom is -0.353 e. The fraction of sp³-hybridized carbons (Fsp3) is 0.538. The predicted molar refractivity (Wildman–Crippen MR) is 133 cm³/mol. The molecule has 3 aliphatic rings. The summed E-state index contributed by atoms with van der Waals surface area (Å²) in [7, 11) is 2.16. The lowest BCUT2D eigenvalue weighted by atomic mass is 9.94. The molecule has 2 aromatic rings. The van der Waals surface area contributed by atoms with Gasteiger partial charge in [-0.2, -0.15) is 5.26 Å². The molecular weight excluding hydrogens is 410 g/mol. The van der Waals surface area contributed by atoms with Gasteiger partial charge in [-0.3, -0.25) is 4.90 Å². The first kappa shape index (κ1) is 22.1. The molecule has 5 rings (SSSR count). The van der Waals surface area contributed by atoms with Gasteiger partial charge >= 0.3 is 0 Å². The van der Waals surface area contributed by atoms with Crippen LogP contribution >= 0.6 is 0 Å². The average Bonchev–Trinajstić information content (AvgIpc) is 2.84. The van der Waals surface area contributed by atoms with E-state index in [4.69, 9.17) is 4.98 Å².